The lowest BCUT2D eigenvalue weighted by atomic mass is 10.2. The third-order valence-corrected chi connectivity index (χ3v) is 3.28. The summed E-state index contributed by atoms with van der Waals surface area (Å²) in [5.41, 5.74) is 6.91. The molecule has 6 heteroatoms. The summed E-state index contributed by atoms with van der Waals surface area (Å²) in [6.07, 6.45) is 3.64. The average Bonchev–Trinajstić information content (AvgIpc) is 2.87. The number of hydrogen-bond donors (Lipinski definition) is 2. The van der Waals surface area contributed by atoms with E-state index < -0.39 is 0 Å². The molecule has 0 aromatic heterocycles. The van der Waals surface area contributed by atoms with Crippen LogP contribution in [0.15, 0.2) is 24.3 Å². The van der Waals surface area contributed by atoms with Crippen molar-refractivity contribution < 1.29 is 4.79 Å². The van der Waals surface area contributed by atoms with Gasteiger partial charge < -0.3 is 16.0 Å². The second-order valence-corrected chi connectivity index (χ2v) is 4.78. The molecular formula is C14H23Cl2N3O. The number of likely N-dealkylation sites (tertiary alicyclic amines) is 1. The molecule has 0 bridgehead atoms. The van der Waals surface area contributed by atoms with Crippen LogP contribution in [0.2, 0.25) is 0 Å². The van der Waals surface area contributed by atoms with Crippen molar-refractivity contribution in [2.75, 3.05) is 31.9 Å². The minimum atomic E-state index is -0.0382. The number of hydrogen-bond acceptors (Lipinski definition) is 3. The van der Waals surface area contributed by atoms with Gasteiger partial charge in [-0.25, -0.2) is 0 Å². The second kappa shape index (κ2) is 9.86. The molecule has 1 aromatic carbocycles. The highest BCUT2D eigenvalue weighted by Gasteiger charge is 2.10. The van der Waals surface area contributed by atoms with Crippen molar-refractivity contribution in [3.8, 4) is 0 Å². The number of carbonyl (C=O) groups is 1. The summed E-state index contributed by atoms with van der Waals surface area (Å²) in [7, 11) is 0. The number of nitrogen functional groups attached to an aromatic ring is 1. The fourth-order valence-corrected chi connectivity index (χ4v) is 2.29. The van der Waals surface area contributed by atoms with Gasteiger partial charge >= 0.3 is 0 Å². The summed E-state index contributed by atoms with van der Waals surface area (Å²) in [4.78, 5) is 14.3. The SMILES string of the molecule is Cl.Cl.Nc1cccc(C(=O)NCCCN2CCCC2)c1. The molecule has 0 aliphatic carbocycles. The van der Waals surface area contributed by atoms with Gasteiger partial charge in [0.25, 0.3) is 5.91 Å². The lowest BCUT2D eigenvalue weighted by molar-refractivity contribution is 0.0952. The third-order valence-electron chi connectivity index (χ3n) is 3.28. The van der Waals surface area contributed by atoms with E-state index in [4.69, 9.17) is 5.73 Å². The molecule has 4 nitrogen and oxygen atoms in total. The quantitative estimate of drug-likeness (QED) is 0.647. The van der Waals surface area contributed by atoms with Crippen LogP contribution in [0.3, 0.4) is 0 Å². The molecule has 1 aliphatic rings. The molecule has 1 fully saturated rings. The Labute approximate surface area is 132 Å². The monoisotopic (exact) mass is 319 g/mol. The molecule has 114 valence electrons. The van der Waals surface area contributed by atoms with Gasteiger partial charge in [-0.2, -0.15) is 0 Å². The Morgan fingerprint density at radius 2 is 1.95 bits per heavy atom. The first kappa shape index (κ1) is 19.0. The van der Waals surface area contributed by atoms with Crippen molar-refractivity contribution in [1.82, 2.24) is 10.2 Å². The lowest BCUT2D eigenvalue weighted by Crippen LogP contribution is -2.28. The van der Waals surface area contributed by atoms with E-state index in [1.54, 1.807) is 24.3 Å². The van der Waals surface area contributed by atoms with Crippen molar-refractivity contribution in [3.05, 3.63) is 29.8 Å². The molecule has 2 rings (SSSR count). The van der Waals surface area contributed by atoms with Gasteiger partial charge in [-0.15, -0.1) is 24.8 Å². The number of rotatable bonds is 5. The van der Waals surface area contributed by atoms with Gasteiger partial charge in [0.2, 0.25) is 0 Å². The van der Waals surface area contributed by atoms with E-state index in [0.717, 1.165) is 19.5 Å². The van der Waals surface area contributed by atoms with Gasteiger partial charge in [0.15, 0.2) is 0 Å². The molecule has 0 saturated carbocycles. The molecule has 20 heavy (non-hydrogen) atoms. The van der Waals surface area contributed by atoms with E-state index in [-0.39, 0.29) is 30.7 Å². The minimum absolute atomic E-state index is 0. The number of benzene rings is 1. The van der Waals surface area contributed by atoms with Crippen molar-refractivity contribution in [2.45, 2.75) is 19.3 Å². The van der Waals surface area contributed by atoms with E-state index in [9.17, 15) is 4.79 Å². The summed E-state index contributed by atoms with van der Waals surface area (Å²) in [6.45, 7) is 4.23. The summed E-state index contributed by atoms with van der Waals surface area (Å²) in [5, 5.41) is 2.93. The predicted octanol–water partition coefficient (Wildman–Crippen LogP) is 2.33. The van der Waals surface area contributed by atoms with Crippen molar-refractivity contribution in [3.63, 3.8) is 0 Å². The van der Waals surface area contributed by atoms with Crippen LogP contribution in [-0.4, -0.2) is 37.0 Å². The second-order valence-electron chi connectivity index (χ2n) is 4.78. The zero-order valence-corrected chi connectivity index (χ0v) is 13.1. The van der Waals surface area contributed by atoms with Crippen LogP contribution >= 0.6 is 24.8 Å². The summed E-state index contributed by atoms with van der Waals surface area (Å²) in [5.74, 6) is -0.0382. The number of nitrogens with zero attached hydrogens (tertiary/aromatic N) is 1. The Bertz CT molecular complexity index is 409. The van der Waals surface area contributed by atoms with Gasteiger partial charge in [0, 0.05) is 17.8 Å². The van der Waals surface area contributed by atoms with E-state index in [0.29, 0.717) is 11.3 Å². The van der Waals surface area contributed by atoms with Crippen LogP contribution in [0.25, 0.3) is 0 Å². The highest BCUT2D eigenvalue weighted by molar-refractivity contribution is 5.94. The van der Waals surface area contributed by atoms with Crippen LogP contribution in [0.5, 0.6) is 0 Å². The van der Waals surface area contributed by atoms with E-state index >= 15 is 0 Å². The standard InChI is InChI=1S/C14H21N3O.2ClH/c15-13-6-3-5-12(11-13)14(18)16-7-4-10-17-8-1-2-9-17;;/h3,5-6,11H,1-2,4,7-10,15H2,(H,16,18);2*1H. The Morgan fingerprint density at radius 3 is 2.60 bits per heavy atom. The molecule has 0 radical (unpaired) electrons. The van der Waals surface area contributed by atoms with Gasteiger partial charge in [-0.3, -0.25) is 4.79 Å². The van der Waals surface area contributed by atoms with Crippen molar-refractivity contribution >= 4 is 36.4 Å². The highest BCUT2D eigenvalue weighted by atomic mass is 35.5. The van der Waals surface area contributed by atoms with Crippen LogP contribution in [0, 0.1) is 0 Å². The fraction of sp³-hybridized carbons (Fsp3) is 0.500. The van der Waals surface area contributed by atoms with E-state index in [1.807, 2.05) is 0 Å². The van der Waals surface area contributed by atoms with Crippen molar-refractivity contribution in [2.24, 2.45) is 0 Å². The van der Waals surface area contributed by atoms with Crippen LogP contribution in [0.4, 0.5) is 5.69 Å². The van der Waals surface area contributed by atoms with Crippen LogP contribution < -0.4 is 11.1 Å². The third kappa shape index (κ3) is 5.99. The Balaban J connectivity index is 0.00000180. The summed E-state index contributed by atoms with van der Waals surface area (Å²) >= 11 is 0. The number of carbonyl (C=O) groups excluding carboxylic acids is 1. The lowest BCUT2D eigenvalue weighted by Gasteiger charge is -2.14. The largest absolute Gasteiger partial charge is 0.399 e. The number of amides is 1. The first-order valence-corrected chi connectivity index (χ1v) is 6.62. The zero-order valence-electron chi connectivity index (χ0n) is 11.5. The topological polar surface area (TPSA) is 58.4 Å². The predicted molar refractivity (Wildman–Crippen MR) is 88.0 cm³/mol. The number of halogens is 2. The number of nitrogens with one attached hydrogen (secondary N) is 1. The molecule has 1 aromatic rings. The molecule has 1 amide bonds. The number of nitrogens with two attached hydrogens (primary N) is 1. The van der Waals surface area contributed by atoms with Crippen LogP contribution in [-0.2, 0) is 0 Å². The Morgan fingerprint density at radius 1 is 1.25 bits per heavy atom. The molecule has 1 saturated heterocycles. The van der Waals surface area contributed by atoms with E-state index in [2.05, 4.69) is 10.2 Å². The Hall–Kier alpha value is -0.970. The maximum atomic E-state index is 11.8. The first-order valence-electron chi connectivity index (χ1n) is 6.62. The first-order chi connectivity index (χ1) is 8.75. The normalized spacial score (nSPS) is 14.2. The molecule has 0 unspecified atom stereocenters. The maximum absolute atomic E-state index is 11.8. The smallest absolute Gasteiger partial charge is 0.251 e. The Kier molecular flexibility index (Phi) is 9.38. The van der Waals surface area contributed by atoms with E-state index in [1.165, 1.54) is 25.9 Å². The van der Waals surface area contributed by atoms with Gasteiger partial charge in [0.1, 0.15) is 0 Å². The van der Waals surface area contributed by atoms with Crippen molar-refractivity contribution in [1.29, 1.82) is 0 Å². The molecule has 0 spiro atoms. The maximum Gasteiger partial charge on any atom is 0.251 e. The van der Waals surface area contributed by atoms with Gasteiger partial charge in [-0.1, -0.05) is 6.07 Å². The zero-order chi connectivity index (χ0) is 12.8. The minimum Gasteiger partial charge on any atom is -0.399 e. The van der Waals surface area contributed by atoms with Gasteiger partial charge in [0.05, 0.1) is 0 Å². The summed E-state index contributed by atoms with van der Waals surface area (Å²) < 4.78 is 0. The highest BCUT2D eigenvalue weighted by Crippen LogP contribution is 2.08. The van der Waals surface area contributed by atoms with Gasteiger partial charge in [-0.05, 0) is 57.1 Å². The number of anilines is 1. The molecule has 0 atom stereocenters. The molecular weight excluding hydrogens is 297 g/mol. The molecule has 1 heterocycles. The molecule has 1 aliphatic heterocycles. The molecule has 3 N–H and O–H groups in total. The summed E-state index contributed by atoms with van der Waals surface area (Å²) in [6, 6.07) is 7.07. The average molecular weight is 320 g/mol. The van der Waals surface area contributed by atoms with Crippen LogP contribution in [0.1, 0.15) is 29.6 Å². The fourth-order valence-electron chi connectivity index (χ4n) is 2.29.